The maximum atomic E-state index is 13.2. The average molecular weight is 271 g/mol. The fraction of sp³-hybridized carbons (Fsp3) is 0.462. The van der Waals surface area contributed by atoms with Crippen LogP contribution in [0.3, 0.4) is 0 Å². The Hall–Kier alpha value is -1.66. The summed E-state index contributed by atoms with van der Waals surface area (Å²) in [6.45, 7) is 0.353. The van der Waals surface area contributed by atoms with Crippen molar-refractivity contribution in [1.29, 1.82) is 0 Å². The van der Waals surface area contributed by atoms with E-state index in [1.165, 1.54) is 19.2 Å². The van der Waals surface area contributed by atoms with Gasteiger partial charge in [0.25, 0.3) is 0 Å². The van der Waals surface area contributed by atoms with Gasteiger partial charge in [0.1, 0.15) is 0 Å². The Morgan fingerprint density at radius 1 is 1.47 bits per heavy atom. The number of carbonyl (C=O) groups is 1. The molecule has 1 amide bonds. The maximum absolute atomic E-state index is 13.2. The number of benzene rings is 1. The monoisotopic (exact) mass is 271 g/mol. The molecule has 2 N–H and O–H groups in total. The van der Waals surface area contributed by atoms with E-state index >= 15 is 0 Å². The molecule has 106 valence electrons. The van der Waals surface area contributed by atoms with Gasteiger partial charge in [-0.25, -0.2) is 4.39 Å². The van der Waals surface area contributed by atoms with Gasteiger partial charge in [0.05, 0.1) is 25.7 Å². The lowest BCUT2D eigenvalue weighted by Gasteiger charge is -2.11. The molecular formula is C13H18FNO4. The van der Waals surface area contributed by atoms with Gasteiger partial charge in [-0.1, -0.05) is 12.1 Å². The summed E-state index contributed by atoms with van der Waals surface area (Å²) >= 11 is 0. The van der Waals surface area contributed by atoms with Gasteiger partial charge in [-0.15, -0.1) is 0 Å². The minimum absolute atomic E-state index is 0.0765. The maximum Gasteiger partial charge on any atom is 0.223 e. The number of hydrogen-bond donors (Lipinski definition) is 2. The number of ether oxygens (including phenoxy) is 2. The van der Waals surface area contributed by atoms with Gasteiger partial charge in [0.2, 0.25) is 5.91 Å². The number of aliphatic hydroxyl groups excluding tert-OH is 1. The predicted octanol–water partition coefficient (Wildman–Crippen LogP) is 0.718. The second-order valence-electron chi connectivity index (χ2n) is 3.94. The molecule has 0 fully saturated rings. The molecule has 1 unspecified atom stereocenters. The van der Waals surface area contributed by atoms with Crippen molar-refractivity contribution in [2.75, 3.05) is 26.9 Å². The summed E-state index contributed by atoms with van der Waals surface area (Å²) in [5.41, 5.74) is 0. The van der Waals surface area contributed by atoms with Crippen LogP contribution in [0.2, 0.25) is 0 Å². The van der Waals surface area contributed by atoms with Crippen LogP contribution in [0.25, 0.3) is 0 Å². The quantitative estimate of drug-likeness (QED) is 0.731. The van der Waals surface area contributed by atoms with Crippen LogP contribution >= 0.6 is 0 Å². The molecule has 1 atom stereocenters. The normalized spacial score (nSPS) is 11.9. The molecule has 19 heavy (non-hydrogen) atoms. The second-order valence-corrected chi connectivity index (χ2v) is 3.94. The average Bonchev–Trinajstić information content (AvgIpc) is 2.39. The number of methoxy groups -OCH3 is 1. The van der Waals surface area contributed by atoms with Crippen LogP contribution < -0.4 is 10.1 Å². The van der Waals surface area contributed by atoms with Crippen molar-refractivity contribution in [3.05, 3.63) is 30.1 Å². The van der Waals surface area contributed by atoms with E-state index in [2.05, 4.69) is 5.32 Å². The lowest BCUT2D eigenvalue weighted by Crippen LogP contribution is -2.34. The van der Waals surface area contributed by atoms with Crippen LogP contribution in [-0.4, -0.2) is 44.0 Å². The van der Waals surface area contributed by atoms with E-state index in [4.69, 9.17) is 9.47 Å². The topological polar surface area (TPSA) is 67.8 Å². The van der Waals surface area contributed by atoms with Gasteiger partial charge in [-0.05, 0) is 12.1 Å². The first-order valence-electron chi connectivity index (χ1n) is 5.94. The zero-order valence-corrected chi connectivity index (χ0v) is 10.8. The van der Waals surface area contributed by atoms with E-state index in [1.807, 2.05) is 0 Å². The molecule has 0 bridgehead atoms. The molecule has 1 rings (SSSR count). The van der Waals surface area contributed by atoms with Crippen molar-refractivity contribution in [3.8, 4) is 5.75 Å². The molecule has 0 aliphatic carbocycles. The summed E-state index contributed by atoms with van der Waals surface area (Å²) in [7, 11) is 1.47. The highest BCUT2D eigenvalue weighted by Crippen LogP contribution is 2.15. The molecule has 0 spiro atoms. The van der Waals surface area contributed by atoms with Gasteiger partial charge >= 0.3 is 0 Å². The second kappa shape index (κ2) is 8.44. The molecule has 1 aromatic rings. The Balaban J connectivity index is 2.19. The number of carbonyl (C=O) groups excluding carboxylic acids is 1. The number of hydrogen-bond acceptors (Lipinski definition) is 4. The Kier molecular flexibility index (Phi) is 6.84. The molecule has 5 nitrogen and oxygen atoms in total. The standard InChI is InChI=1S/C13H18FNO4/c1-18-9-10(16)8-15-13(17)6-7-19-12-5-3-2-4-11(12)14/h2-5,10,16H,6-9H2,1H3,(H,15,17). The molecule has 6 heteroatoms. The predicted molar refractivity (Wildman–Crippen MR) is 67.4 cm³/mol. The van der Waals surface area contributed by atoms with Crippen molar-refractivity contribution in [1.82, 2.24) is 5.32 Å². The van der Waals surface area contributed by atoms with Crippen molar-refractivity contribution in [2.24, 2.45) is 0 Å². The molecular weight excluding hydrogens is 253 g/mol. The number of amides is 1. The van der Waals surface area contributed by atoms with E-state index in [0.717, 1.165) is 0 Å². The van der Waals surface area contributed by atoms with Crippen LogP contribution in [0.4, 0.5) is 4.39 Å². The Morgan fingerprint density at radius 3 is 2.89 bits per heavy atom. The fourth-order valence-electron chi connectivity index (χ4n) is 1.39. The third kappa shape index (κ3) is 6.17. The van der Waals surface area contributed by atoms with E-state index in [0.29, 0.717) is 0 Å². The van der Waals surface area contributed by atoms with Crippen LogP contribution in [0.5, 0.6) is 5.75 Å². The minimum Gasteiger partial charge on any atom is -0.490 e. The Labute approximate surface area is 111 Å². The zero-order valence-electron chi connectivity index (χ0n) is 10.8. The number of aliphatic hydroxyl groups is 1. The highest BCUT2D eigenvalue weighted by molar-refractivity contribution is 5.76. The number of halogens is 1. The summed E-state index contributed by atoms with van der Waals surface area (Å²) in [6.07, 6.45) is -0.643. The number of rotatable bonds is 8. The van der Waals surface area contributed by atoms with E-state index in [9.17, 15) is 14.3 Å². The minimum atomic E-state index is -0.735. The van der Waals surface area contributed by atoms with Gasteiger partial charge in [-0.3, -0.25) is 4.79 Å². The summed E-state index contributed by atoms with van der Waals surface area (Å²) in [6, 6.07) is 6.00. The van der Waals surface area contributed by atoms with E-state index in [-0.39, 0.29) is 37.8 Å². The van der Waals surface area contributed by atoms with Crippen molar-refractivity contribution in [2.45, 2.75) is 12.5 Å². The molecule has 1 aromatic carbocycles. The summed E-state index contributed by atoms with van der Waals surface area (Å²) in [4.78, 5) is 11.4. The third-order valence-electron chi connectivity index (χ3n) is 2.32. The largest absolute Gasteiger partial charge is 0.490 e. The van der Waals surface area contributed by atoms with Gasteiger partial charge < -0.3 is 19.9 Å². The summed E-state index contributed by atoms with van der Waals surface area (Å²) < 4.78 is 23.0. The third-order valence-corrected chi connectivity index (χ3v) is 2.32. The smallest absolute Gasteiger partial charge is 0.223 e. The van der Waals surface area contributed by atoms with Crippen LogP contribution in [0, 0.1) is 5.82 Å². The zero-order chi connectivity index (χ0) is 14.1. The lowest BCUT2D eigenvalue weighted by atomic mass is 10.3. The Bertz CT molecular complexity index is 400. The first-order chi connectivity index (χ1) is 9.13. The fourth-order valence-corrected chi connectivity index (χ4v) is 1.39. The van der Waals surface area contributed by atoms with Crippen molar-refractivity contribution in [3.63, 3.8) is 0 Å². The van der Waals surface area contributed by atoms with Crippen molar-refractivity contribution < 1.29 is 23.8 Å². The SMILES string of the molecule is COCC(O)CNC(=O)CCOc1ccccc1F. The van der Waals surface area contributed by atoms with Crippen molar-refractivity contribution >= 4 is 5.91 Å². The van der Waals surface area contributed by atoms with Gasteiger partial charge in [-0.2, -0.15) is 0 Å². The molecule has 0 aliphatic rings. The molecule has 0 aliphatic heterocycles. The Morgan fingerprint density at radius 2 is 2.21 bits per heavy atom. The molecule has 0 saturated heterocycles. The summed E-state index contributed by atoms with van der Waals surface area (Å²) in [5.74, 6) is -0.611. The van der Waals surface area contributed by atoms with Gasteiger partial charge in [0.15, 0.2) is 11.6 Å². The molecule has 0 aromatic heterocycles. The first-order valence-corrected chi connectivity index (χ1v) is 5.94. The highest BCUT2D eigenvalue weighted by Gasteiger charge is 2.07. The number of nitrogens with one attached hydrogen (secondary N) is 1. The van der Waals surface area contributed by atoms with Gasteiger partial charge in [0, 0.05) is 13.7 Å². The van der Waals surface area contributed by atoms with Crippen LogP contribution in [0.1, 0.15) is 6.42 Å². The van der Waals surface area contributed by atoms with Crippen LogP contribution in [-0.2, 0) is 9.53 Å². The summed E-state index contributed by atoms with van der Waals surface area (Å²) in [5, 5.41) is 11.8. The highest BCUT2D eigenvalue weighted by atomic mass is 19.1. The van der Waals surface area contributed by atoms with E-state index < -0.39 is 11.9 Å². The molecule has 0 radical (unpaired) electrons. The first kappa shape index (κ1) is 15.4. The lowest BCUT2D eigenvalue weighted by molar-refractivity contribution is -0.122. The number of para-hydroxylation sites is 1. The van der Waals surface area contributed by atoms with Crippen LogP contribution in [0.15, 0.2) is 24.3 Å². The molecule has 0 saturated carbocycles. The molecule has 0 heterocycles. The van der Waals surface area contributed by atoms with E-state index in [1.54, 1.807) is 12.1 Å².